The molecule has 0 aromatic heterocycles. The smallest absolute Gasteiger partial charge is 0.262 e. The number of aryl methyl sites for hydroxylation is 2. The van der Waals surface area contributed by atoms with Crippen LogP contribution in [0.4, 0.5) is 5.69 Å². The summed E-state index contributed by atoms with van der Waals surface area (Å²) in [6.07, 6.45) is 2.21. The lowest BCUT2D eigenvalue weighted by Gasteiger charge is -2.44. The number of ketones is 2. The number of rotatable bonds is 5. The second-order valence-electron chi connectivity index (χ2n) is 13.2. The van der Waals surface area contributed by atoms with Gasteiger partial charge in [0, 0.05) is 57.0 Å². The van der Waals surface area contributed by atoms with Crippen LogP contribution in [0.15, 0.2) is 61.8 Å². The molecule has 0 bridgehead atoms. The second-order valence-corrected chi connectivity index (χ2v) is 15.0. The first-order chi connectivity index (χ1) is 19.1. The minimum Gasteiger partial charge on any atom is -0.482 e. The monoisotopic (exact) mass is 682 g/mol. The van der Waals surface area contributed by atoms with Gasteiger partial charge in [0.1, 0.15) is 5.75 Å². The highest BCUT2D eigenvalue weighted by Gasteiger charge is 2.47. The Morgan fingerprint density at radius 2 is 1.51 bits per heavy atom. The number of anilines is 1. The number of allylic oxidation sites excluding steroid dienone is 4. The van der Waals surface area contributed by atoms with E-state index in [1.807, 2.05) is 44.2 Å². The summed E-state index contributed by atoms with van der Waals surface area (Å²) in [6, 6.07) is 9.66. The molecule has 2 aromatic carbocycles. The Morgan fingerprint density at radius 3 is 2.10 bits per heavy atom. The number of dihydropyridines is 1. The van der Waals surface area contributed by atoms with Crippen molar-refractivity contribution in [2.24, 2.45) is 10.8 Å². The number of ether oxygens (including phenoxy) is 1. The van der Waals surface area contributed by atoms with Gasteiger partial charge in [0.15, 0.2) is 18.2 Å². The highest BCUT2D eigenvalue weighted by Crippen LogP contribution is 2.53. The Bertz CT molecular complexity index is 1500. The van der Waals surface area contributed by atoms with Crippen molar-refractivity contribution < 1.29 is 19.1 Å². The van der Waals surface area contributed by atoms with E-state index in [0.29, 0.717) is 52.6 Å². The van der Waals surface area contributed by atoms with E-state index in [-0.39, 0.29) is 34.9 Å². The van der Waals surface area contributed by atoms with Gasteiger partial charge in [-0.1, -0.05) is 55.8 Å². The zero-order valence-electron chi connectivity index (χ0n) is 24.4. The van der Waals surface area contributed by atoms with E-state index >= 15 is 0 Å². The minimum absolute atomic E-state index is 0.0349. The van der Waals surface area contributed by atoms with Crippen LogP contribution in [0, 0.1) is 24.7 Å². The molecule has 2 aromatic rings. The molecule has 2 N–H and O–H groups in total. The van der Waals surface area contributed by atoms with Crippen molar-refractivity contribution in [3.05, 3.63) is 78.5 Å². The molecule has 1 amide bonds. The average molecular weight is 684 g/mol. The highest BCUT2D eigenvalue weighted by molar-refractivity contribution is 9.11. The number of nitrogens with one attached hydrogen (secondary N) is 2. The van der Waals surface area contributed by atoms with Crippen LogP contribution < -0.4 is 15.4 Å². The van der Waals surface area contributed by atoms with E-state index in [0.717, 1.165) is 32.7 Å². The molecule has 3 aliphatic rings. The lowest BCUT2D eigenvalue weighted by molar-refractivity contribution is -0.120. The Balaban J connectivity index is 1.57. The van der Waals surface area contributed by atoms with Crippen LogP contribution in [-0.2, 0) is 14.4 Å². The average Bonchev–Trinajstić information content (AvgIpc) is 2.82. The Labute approximate surface area is 258 Å². The number of hydrogen-bond acceptors (Lipinski definition) is 5. The Morgan fingerprint density at radius 1 is 0.927 bits per heavy atom. The lowest BCUT2D eigenvalue weighted by atomic mass is 9.64. The molecule has 41 heavy (non-hydrogen) atoms. The van der Waals surface area contributed by atoms with E-state index in [9.17, 15) is 14.4 Å². The first-order valence-corrected chi connectivity index (χ1v) is 15.5. The molecule has 0 fully saturated rings. The molecule has 216 valence electrons. The number of Topliss-reactive ketones (excluding diaryl/α,β-unsaturated/α-hetero) is 2. The molecule has 5 rings (SSSR count). The van der Waals surface area contributed by atoms with Gasteiger partial charge in [0.2, 0.25) is 0 Å². The van der Waals surface area contributed by atoms with Crippen molar-refractivity contribution in [3.63, 3.8) is 0 Å². The van der Waals surface area contributed by atoms with Gasteiger partial charge in [0.05, 0.1) is 4.47 Å². The molecule has 0 unspecified atom stereocenters. The summed E-state index contributed by atoms with van der Waals surface area (Å²) in [7, 11) is 0. The molecular formula is C33H36Br2N2O4. The molecule has 2 aliphatic carbocycles. The summed E-state index contributed by atoms with van der Waals surface area (Å²) in [6.45, 7) is 12.1. The molecule has 0 radical (unpaired) electrons. The zero-order valence-corrected chi connectivity index (χ0v) is 27.6. The van der Waals surface area contributed by atoms with Crippen LogP contribution in [0.5, 0.6) is 5.75 Å². The van der Waals surface area contributed by atoms with Gasteiger partial charge in [-0.3, -0.25) is 14.4 Å². The maximum absolute atomic E-state index is 13.8. The fraction of sp³-hybridized carbons (Fsp3) is 0.424. The van der Waals surface area contributed by atoms with Crippen molar-refractivity contribution in [1.29, 1.82) is 0 Å². The van der Waals surface area contributed by atoms with Crippen molar-refractivity contribution >= 4 is 55.0 Å². The van der Waals surface area contributed by atoms with E-state index in [1.54, 1.807) is 0 Å². The van der Waals surface area contributed by atoms with Crippen molar-refractivity contribution in [1.82, 2.24) is 5.32 Å². The van der Waals surface area contributed by atoms with Crippen LogP contribution >= 0.6 is 31.9 Å². The van der Waals surface area contributed by atoms with Crippen LogP contribution in [0.2, 0.25) is 0 Å². The van der Waals surface area contributed by atoms with Gasteiger partial charge in [0.25, 0.3) is 5.91 Å². The number of amides is 1. The number of benzene rings is 2. The van der Waals surface area contributed by atoms with Gasteiger partial charge < -0.3 is 15.4 Å². The first-order valence-electron chi connectivity index (χ1n) is 13.9. The third kappa shape index (κ3) is 6.09. The predicted octanol–water partition coefficient (Wildman–Crippen LogP) is 7.82. The van der Waals surface area contributed by atoms with Crippen molar-refractivity contribution in [2.75, 3.05) is 11.9 Å². The fourth-order valence-electron chi connectivity index (χ4n) is 6.34. The zero-order chi connectivity index (χ0) is 29.9. The van der Waals surface area contributed by atoms with Gasteiger partial charge in [-0.05, 0) is 82.8 Å². The number of hydrogen-bond donors (Lipinski definition) is 2. The van der Waals surface area contributed by atoms with Crippen molar-refractivity contribution in [3.8, 4) is 5.75 Å². The second kappa shape index (κ2) is 10.8. The summed E-state index contributed by atoms with van der Waals surface area (Å²) < 4.78 is 7.64. The molecule has 8 heteroatoms. The Hall–Kier alpha value is -2.71. The van der Waals surface area contributed by atoms with E-state index in [1.165, 1.54) is 0 Å². The van der Waals surface area contributed by atoms with Crippen LogP contribution in [0.25, 0.3) is 0 Å². The largest absolute Gasteiger partial charge is 0.482 e. The predicted molar refractivity (Wildman–Crippen MR) is 168 cm³/mol. The van der Waals surface area contributed by atoms with E-state index < -0.39 is 5.92 Å². The topological polar surface area (TPSA) is 84.5 Å². The molecule has 6 nitrogen and oxygen atoms in total. The summed E-state index contributed by atoms with van der Waals surface area (Å²) in [5.74, 6) is -0.361. The molecule has 0 spiro atoms. The van der Waals surface area contributed by atoms with Gasteiger partial charge in [-0.15, -0.1) is 0 Å². The lowest BCUT2D eigenvalue weighted by Crippen LogP contribution is -2.42. The van der Waals surface area contributed by atoms with Crippen LogP contribution in [0.3, 0.4) is 0 Å². The Kier molecular flexibility index (Phi) is 7.88. The summed E-state index contributed by atoms with van der Waals surface area (Å²) in [5.41, 5.74) is 6.08. The molecule has 0 saturated carbocycles. The maximum atomic E-state index is 13.8. The molecule has 0 atom stereocenters. The van der Waals surface area contributed by atoms with E-state index in [2.05, 4.69) is 70.2 Å². The van der Waals surface area contributed by atoms with Gasteiger partial charge >= 0.3 is 0 Å². The summed E-state index contributed by atoms with van der Waals surface area (Å²) in [5, 5.41) is 6.50. The number of carbonyl (C=O) groups excluding carboxylic acids is 3. The molecule has 0 saturated heterocycles. The maximum Gasteiger partial charge on any atom is 0.262 e. The number of halogens is 2. The van der Waals surface area contributed by atoms with E-state index in [4.69, 9.17) is 4.74 Å². The standard InChI is InChI=1S/C33H36Br2N2O4/c1-17-7-8-18(2)22(9-17)37-27(40)16-41-31-20(10-19(34)11-21(31)35)28-29-23(12-32(3,4)14-25(29)38)36-24-13-33(5,6)15-26(39)30(24)28/h7-11,28,36H,12-16H2,1-6H3,(H,37,40). The third-order valence-electron chi connectivity index (χ3n) is 8.08. The summed E-state index contributed by atoms with van der Waals surface area (Å²) in [4.78, 5) is 40.6. The van der Waals surface area contributed by atoms with Gasteiger partial charge in [-0.25, -0.2) is 0 Å². The van der Waals surface area contributed by atoms with Crippen LogP contribution in [0.1, 0.15) is 76.0 Å². The summed E-state index contributed by atoms with van der Waals surface area (Å²) >= 11 is 7.25. The highest BCUT2D eigenvalue weighted by atomic mass is 79.9. The third-order valence-corrected chi connectivity index (χ3v) is 9.13. The number of carbonyl (C=O) groups is 3. The van der Waals surface area contributed by atoms with Crippen molar-refractivity contribution in [2.45, 2.75) is 73.1 Å². The minimum atomic E-state index is -0.584. The fourth-order valence-corrected chi connectivity index (χ4v) is 7.71. The quantitative estimate of drug-likeness (QED) is 0.336. The molecule has 1 aliphatic heterocycles. The SMILES string of the molecule is Cc1ccc(C)c(NC(=O)COc2c(Br)cc(Br)cc2C2C3=C(CC(C)(C)CC3=O)NC3=C2C(=O)CC(C)(C)C3)c1. The first kappa shape index (κ1) is 29.8. The molecule has 1 heterocycles. The van der Waals surface area contributed by atoms with Crippen LogP contribution in [-0.4, -0.2) is 24.1 Å². The molecular weight excluding hydrogens is 648 g/mol. The van der Waals surface area contributed by atoms with Gasteiger partial charge in [-0.2, -0.15) is 0 Å². The normalized spacial score (nSPS) is 19.9.